The van der Waals surface area contributed by atoms with Crippen molar-refractivity contribution in [2.24, 2.45) is 0 Å². The van der Waals surface area contributed by atoms with E-state index >= 15 is 0 Å². The monoisotopic (exact) mass is 226 g/mol. The molecule has 0 saturated heterocycles. The van der Waals surface area contributed by atoms with E-state index in [2.05, 4.69) is 10.3 Å². The summed E-state index contributed by atoms with van der Waals surface area (Å²) in [4.78, 5) is 4.21. The zero-order valence-electron chi connectivity index (χ0n) is 9.60. The summed E-state index contributed by atoms with van der Waals surface area (Å²) < 4.78 is 4.99. The van der Waals surface area contributed by atoms with Gasteiger partial charge in [-0.25, -0.2) is 4.98 Å². The summed E-state index contributed by atoms with van der Waals surface area (Å²) >= 11 is 0. The lowest BCUT2D eigenvalue weighted by Gasteiger charge is -2.20. The van der Waals surface area contributed by atoms with Crippen LogP contribution < -0.4 is 10.1 Å². The van der Waals surface area contributed by atoms with Gasteiger partial charge in [-0.3, -0.25) is 0 Å². The van der Waals surface area contributed by atoms with Crippen molar-refractivity contribution >= 4 is 0 Å². The lowest BCUT2D eigenvalue weighted by molar-refractivity contribution is 0.00248. The maximum Gasteiger partial charge on any atom is 0.213 e. The minimum Gasteiger partial charge on any atom is -0.481 e. The maximum atomic E-state index is 9.54. The molecule has 0 spiro atoms. The van der Waals surface area contributed by atoms with Gasteiger partial charge >= 0.3 is 0 Å². The predicted molar refractivity (Wildman–Crippen MR) is 60.2 cm³/mol. The fourth-order valence-electron chi connectivity index (χ4n) is 1.19. The molecule has 5 heteroatoms. The van der Waals surface area contributed by atoms with Crippen molar-refractivity contribution in [2.75, 3.05) is 20.3 Å². The van der Waals surface area contributed by atoms with Crippen LogP contribution >= 0.6 is 0 Å². The molecule has 0 fully saturated rings. The Morgan fingerprint density at radius 2 is 2.25 bits per heavy atom. The van der Waals surface area contributed by atoms with Crippen molar-refractivity contribution in [1.29, 1.82) is 0 Å². The highest BCUT2D eigenvalue weighted by Crippen LogP contribution is 2.06. The Kier molecular flexibility index (Phi) is 4.67. The summed E-state index contributed by atoms with van der Waals surface area (Å²) in [5, 5.41) is 21.4. The average Bonchev–Trinajstić information content (AvgIpc) is 2.29. The van der Waals surface area contributed by atoms with Gasteiger partial charge in [0, 0.05) is 19.2 Å². The average molecular weight is 226 g/mol. The van der Waals surface area contributed by atoms with Crippen LogP contribution in [-0.2, 0) is 6.54 Å². The quantitative estimate of drug-likeness (QED) is 0.633. The maximum absolute atomic E-state index is 9.54. The van der Waals surface area contributed by atoms with Crippen molar-refractivity contribution in [3.63, 3.8) is 0 Å². The van der Waals surface area contributed by atoms with E-state index in [1.54, 1.807) is 20.1 Å². The van der Waals surface area contributed by atoms with Gasteiger partial charge in [0.2, 0.25) is 5.88 Å². The zero-order valence-corrected chi connectivity index (χ0v) is 9.60. The number of aliphatic hydroxyl groups excluding tert-OH is 1. The first-order chi connectivity index (χ1) is 7.57. The standard InChI is InChI=1S/C11H18N2O3/c1-11(15,8-14)7-12-6-9-4-3-5-10(13-9)16-2/h3-5,12,14-15H,6-8H2,1-2H3. The molecule has 3 N–H and O–H groups in total. The van der Waals surface area contributed by atoms with Gasteiger partial charge in [0.1, 0.15) is 0 Å². The lowest BCUT2D eigenvalue weighted by atomic mass is 10.1. The van der Waals surface area contributed by atoms with Crippen LogP contribution in [0.5, 0.6) is 5.88 Å². The van der Waals surface area contributed by atoms with Gasteiger partial charge in [-0.15, -0.1) is 0 Å². The van der Waals surface area contributed by atoms with E-state index in [1.807, 2.05) is 12.1 Å². The number of hydrogen-bond donors (Lipinski definition) is 3. The number of aliphatic hydroxyl groups is 2. The molecule has 16 heavy (non-hydrogen) atoms. The minimum atomic E-state index is -1.10. The van der Waals surface area contributed by atoms with Crippen LogP contribution in [0.1, 0.15) is 12.6 Å². The first-order valence-electron chi connectivity index (χ1n) is 5.11. The molecule has 0 aliphatic heterocycles. The molecule has 0 amide bonds. The molecular formula is C11H18N2O3. The molecule has 0 bridgehead atoms. The Balaban J connectivity index is 2.42. The molecule has 1 atom stereocenters. The molecule has 1 heterocycles. The number of aromatic nitrogens is 1. The van der Waals surface area contributed by atoms with Gasteiger partial charge in [-0.05, 0) is 13.0 Å². The summed E-state index contributed by atoms with van der Waals surface area (Å²) in [7, 11) is 1.57. The highest BCUT2D eigenvalue weighted by atomic mass is 16.5. The first-order valence-corrected chi connectivity index (χ1v) is 5.11. The van der Waals surface area contributed by atoms with Gasteiger partial charge in [0.05, 0.1) is 25.0 Å². The molecule has 0 aliphatic carbocycles. The number of ether oxygens (including phenoxy) is 1. The van der Waals surface area contributed by atoms with E-state index in [4.69, 9.17) is 9.84 Å². The molecule has 1 aromatic heterocycles. The molecule has 0 aliphatic rings. The van der Waals surface area contributed by atoms with Gasteiger partial charge < -0.3 is 20.3 Å². The molecule has 1 rings (SSSR count). The third-order valence-electron chi connectivity index (χ3n) is 2.14. The summed E-state index contributed by atoms with van der Waals surface area (Å²) in [5.74, 6) is 0.563. The van der Waals surface area contributed by atoms with Crippen LogP contribution in [0.25, 0.3) is 0 Å². The highest BCUT2D eigenvalue weighted by molar-refractivity contribution is 5.15. The molecule has 0 aromatic carbocycles. The van der Waals surface area contributed by atoms with E-state index in [-0.39, 0.29) is 6.61 Å². The van der Waals surface area contributed by atoms with Gasteiger partial charge in [-0.2, -0.15) is 0 Å². The summed E-state index contributed by atoms with van der Waals surface area (Å²) in [6.07, 6.45) is 0. The Bertz CT molecular complexity index is 329. The molecular weight excluding hydrogens is 208 g/mol. The van der Waals surface area contributed by atoms with Crippen LogP contribution in [0, 0.1) is 0 Å². The molecule has 5 nitrogen and oxygen atoms in total. The Hall–Kier alpha value is -1.17. The van der Waals surface area contributed by atoms with Crippen LogP contribution in [0.15, 0.2) is 18.2 Å². The second-order valence-corrected chi connectivity index (χ2v) is 3.93. The Morgan fingerprint density at radius 3 is 2.88 bits per heavy atom. The normalized spacial score (nSPS) is 14.5. The van der Waals surface area contributed by atoms with E-state index < -0.39 is 5.60 Å². The highest BCUT2D eigenvalue weighted by Gasteiger charge is 2.17. The summed E-state index contributed by atoms with van der Waals surface area (Å²) in [5.41, 5.74) is -0.271. The minimum absolute atomic E-state index is 0.272. The van der Waals surface area contributed by atoms with Crippen molar-refractivity contribution in [3.05, 3.63) is 23.9 Å². The number of rotatable bonds is 6. The summed E-state index contributed by atoms with van der Waals surface area (Å²) in [6.45, 7) is 2.13. The van der Waals surface area contributed by atoms with Crippen LogP contribution in [0.2, 0.25) is 0 Å². The van der Waals surface area contributed by atoms with Gasteiger partial charge in [-0.1, -0.05) is 6.07 Å². The van der Waals surface area contributed by atoms with Crippen LogP contribution in [-0.4, -0.2) is 41.1 Å². The molecule has 90 valence electrons. The van der Waals surface area contributed by atoms with E-state index in [1.165, 1.54) is 0 Å². The third-order valence-corrected chi connectivity index (χ3v) is 2.14. The lowest BCUT2D eigenvalue weighted by Crippen LogP contribution is -2.40. The van der Waals surface area contributed by atoms with E-state index in [0.717, 1.165) is 5.69 Å². The molecule has 0 saturated carbocycles. The molecule has 0 radical (unpaired) electrons. The van der Waals surface area contributed by atoms with Crippen molar-refractivity contribution in [2.45, 2.75) is 19.1 Å². The number of nitrogens with one attached hydrogen (secondary N) is 1. The SMILES string of the molecule is COc1cccc(CNCC(C)(O)CO)n1. The zero-order chi connectivity index (χ0) is 12.0. The number of nitrogens with zero attached hydrogens (tertiary/aromatic N) is 1. The second-order valence-electron chi connectivity index (χ2n) is 3.93. The third kappa shape index (κ3) is 4.14. The van der Waals surface area contributed by atoms with Crippen molar-refractivity contribution < 1.29 is 14.9 Å². The first kappa shape index (κ1) is 12.9. The van der Waals surface area contributed by atoms with Crippen molar-refractivity contribution in [3.8, 4) is 5.88 Å². The number of pyridine rings is 1. The smallest absolute Gasteiger partial charge is 0.213 e. The van der Waals surface area contributed by atoms with E-state index in [0.29, 0.717) is 19.0 Å². The molecule has 1 unspecified atom stereocenters. The fourth-order valence-corrected chi connectivity index (χ4v) is 1.19. The van der Waals surface area contributed by atoms with Gasteiger partial charge in [0.15, 0.2) is 0 Å². The topological polar surface area (TPSA) is 74.6 Å². The van der Waals surface area contributed by atoms with E-state index in [9.17, 15) is 5.11 Å². The van der Waals surface area contributed by atoms with Crippen LogP contribution in [0.3, 0.4) is 0 Å². The molecule has 1 aromatic rings. The largest absolute Gasteiger partial charge is 0.481 e. The van der Waals surface area contributed by atoms with Crippen LogP contribution in [0.4, 0.5) is 0 Å². The van der Waals surface area contributed by atoms with Crippen molar-refractivity contribution in [1.82, 2.24) is 10.3 Å². The Morgan fingerprint density at radius 1 is 1.50 bits per heavy atom. The number of hydrogen-bond acceptors (Lipinski definition) is 5. The Labute approximate surface area is 95.1 Å². The number of methoxy groups -OCH3 is 1. The second kappa shape index (κ2) is 5.79. The summed E-state index contributed by atoms with van der Waals surface area (Å²) in [6, 6.07) is 5.49. The predicted octanol–water partition coefficient (Wildman–Crippen LogP) is -0.0769. The fraction of sp³-hybridized carbons (Fsp3) is 0.545. The van der Waals surface area contributed by atoms with Gasteiger partial charge in [0.25, 0.3) is 0 Å².